The third kappa shape index (κ3) is 4.04. The van der Waals surface area contributed by atoms with E-state index in [0.29, 0.717) is 5.69 Å². The van der Waals surface area contributed by atoms with Gasteiger partial charge in [0, 0.05) is 5.69 Å². The minimum atomic E-state index is -2.94. The minimum Gasteiger partial charge on any atom is -0.433 e. The first-order valence-electron chi connectivity index (χ1n) is 6.71. The second-order valence-corrected chi connectivity index (χ2v) is 5.60. The zero-order chi connectivity index (χ0) is 15.5. The summed E-state index contributed by atoms with van der Waals surface area (Å²) in [7, 11) is 0. The Kier molecular flexibility index (Phi) is 5.00. The van der Waals surface area contributed by atoms with E-state index in [0.717, 1.165) is 25.8 Å². The van der Waals surface area contributed by atoms with Crippen LogP contribution in [0.1, 0.15) is 26.2 Å². The van der Waals surface area contributed by atoms with Gasteiger partial charge in [0.2, 0.25) is 5.91 Å². The first-order chi connectivity index (χ1) is 9.90. The van der Waals surface area contributed by atoms with E-state index in [4.69, 9.17) is 11.6 Å². The topological polar surface area (TPSA) is 50.4 Å². The zero-order valence-corrected chi connectivity index (χ0v) is 12.3. The van der Waals surface area contributed by atoms with Crippen molar-refractivity contribution in [2.45, 2.75) is 38.3 Å². The number of piperidine rings is 1. The highest BCUT2D eigenvalue weighted by Crippen LogP contribution is 2.29. The van der Waals surface area contributed by atoms with Crippen molar-refractivity contribution in [1.29, 1.82) is 0 Å². The van der Waals surface area contributed by atoms with Crippen LogP contribution < -0.4 is 15.4 Å². The van der Waals surface area contributed by atoms with E-state index in [2.05, 4.69) is 15.4 Å². The molecular weight excluding hydrogens is 302 g/mol. The molecule has 2 N–H and O–H groups in total. The van der Waals surface area contributed by atoms with E-state index in [-0.39, 0.29) is 16.7 Å². The fourth-order valence-corrected chi connectivity index (χ4v) is 2.51. The van der Waals surface area contributed by atoms with Gasteiger partial charge in [0.1, 0.15) is 5.75 Å². The van der Waals surface area contributed by atoms with Crippen LogP contribution in [0.2, 0.25) is 5.02 Å². The van der Waals surface area contributed by atoms with Crippen molar-refractivity contribution in [2.75, 3.05) is 11.9 Å². The standard InChI is InChI=1S/C14H17ClF2N2O2/c1-14(6-2-3-7-18-14)12(20)19-9-4-5-11(10(15)8-9)21-13(16)17/h4-5,8,13,18H,2-3,6-7H2,1H3,(H,19,20). The number of hydrogen-bond donors (Lipinski definition) is 2. The van der Waals surface area contributed by atoms with Crippen molar-refractivity contribution in [3.63, 3.8) is 0 Å². The number of alkyl halides is 2. The Morgan fingerprint density at radius 1 is 1.48 bits per heavy atom. The van der Waals surface area contributed by atoms with E-state index < -0.39 is 12.2 Å². The van der Waals surface area contributed by atoms with Gasteiger partial charge < -0.3 is 15.4 Å². The van der Waals surface area contributed by atoms with E-state index in [1.807, 2.05) is 6.92 Å². The molecule has 1 aliphatic rings. The summed E-state index contributed by atoms with van der Waals surface area (Å²) in [6, 6.07) is 4.18. The molecule has 4 nitrogen and oxygen atoms in total. The van der Waals surface area contributed by atoms with Gasteiger partial charge in [-0.2, -0.15) is 8.78 Å². The summed E-state index contributed by atoms with van der Waals surface area (Å²) in [6.45, 7) is -0.295. The Morgan fingerprint density at radius 3 is 2.81 bits per heavy atom. The number of carbonyl (C=O) groups is 1. The van der Waals surface area contributed by atoms with Gasteiger partial charge in [-0.1, -0.05) is 11.6 Å². The van der Waals surface area contributed by atoms with Gasteiger partial charge in [-0.3, -0.25) is 4.79 Å². The fraction of sp³-hybridized carbons (Fsp3) is 0.500. The Morgan fingerprint density at radius 2 is 2.24 bits per heavy atom. The Bertz CT molecular complexity index is 520. The zero-order valence-electron chi connectivity index (χ0n) is 11.6. The van der Waals surface area contributed by atoms with Gasteiger partial charge >= 0.3 is 6.61 Å². The van der Waals surface area contributed by atoms with E-state index >= 15 is 0 Å². The van der Waals surface area contributed by atoms with Crippen LogP contribution in [0.5, 0.6) is 5.75 Å². The lowest BCUT2D eigenvalue weighted by Crippen LogP contribution is -2.54. The highest BCUT2D eigenvalue weighted by atomic mass is 35.5. The Hall–Kier alpha value is -1.40. The Labute approximate surface area is 126 Å². The van der Waals surface area contributed by atoms with E-state index in [1.165, 1.54) is 18.2 Å². The number of amides is 1. The van der Waals surface area contributed by atoms with Crippen molar-refractivity contribution in [1.82, 2.24) is 5.32 Å². The average Bonchev–Trinajstić information content (AvgIpc) is 2.42. The molecular formula is C14H17ClF2N2O2. The highest BCUT2D eigenvalue weighted by molar-refractivity contribution is 6.32. The molecule has 1 heterocycles. The third-order valence-electron chi connectivity index (χ3n) is 3.53. The van der Waals surface area contributed by atoms with Crippen LogP contribution in [-0.2, 0) is 4.79 Å². The normalized spacial score (nSPS) is 22.1. The molecule has 1 atom stereocenters. The lowest BCUT2D eigenvalue weighted by Gasteiger charge is -2.33. The molecule has 0 saturated carbocycles. The van der Waals surface area contributed by atoms with E-state index in [1.54, 1.807) is 0 Å². The monoisotopic (exact) mass is 318 g/mol. The van der Waals surface area contributed by atoms with Crippen LogP contribution in [0.4, 0.5) is 14.5 Å². The summed E-state index contributed by atoms with van der Waals surface area (Å²) in [4.78, 5) is 12.3. The number of halogens is 3. The first kappa shape index (κ1) is 16.0. The SMILES string of the molecule is CC1(C(=O)Nc2ccc(OC(F)F)c(Cl)c2)CCCCN1. The predicted molar refractivity (Wildman–Crippen MR) is 77.0 cm³/mol. The molecule has 1 saturated heterocycles. The second kappa shape index (κ2) is 6.58. The minimum absolute atomic E-state index is 0.0230. The number of ether oxygens (including phenoxy) is 1. The van der Waals surface area contributed by atoms with Crippen molar-refractivity contribution in [3.8, 4) is 5.75 Å². The van der Waals surface area contributed by atoms with Gasteiger partial charge in [-0.15, -0.1) is 0 Å². The van der Waals surface area contributed by atoms with Gasteiger partial charge in [-0.25, -0.2) is 0 Å². The maximum atomic E-state index is 12.3. The summed E-state index contributed by atoms with van der Waals surface area (Å²) in [5, 5.41) is 5.97. The molecule has 1 aliphatic heterocycles. The number of benzene rings is 1. The van der Waals surface area contributed by atoms with Crippen LogP contribution >= 0.6 is 11.6 Å². The van der Waals surface area contributed by atoms with Crippen LogP contribution in [-0.4, -0.2) is 24.6 Å². The van der Waals surface area contributed by atoms with Crippen LogP contribution in [0, 0.1) is 0 Å². The lowest BCUT2D eigenvalue weighted by molar-refractivity contribution is -0.122. The number of carbonyl (C=O) groups excluding carboxylic acids is 1. The maximum Gasteiger partial charge on any atom is 0.387 e. The maximum absolute atomic E-state index is 12.3. The summed E-state index contributed by atoms with van der Waals surface area (Å²) >= 11 is 5.85. The molecule has 7 heteroatoms. The lowest BCUT2D eigenvalue weighted by atomic mass is 9.90. The number of nitrogens with one attached hydrogen (secondary N) is 2. The molecule has 0 aliphatic carbocycles. The highest BCUT2D eigenvalue weighted by Gasteiger charge is 2.34. The number of anilines is 1. The molecule has 1 aromatic rings. The van der Waals surface area contributed by atoms with Crippen LogP contribution in [0.3, 0.4) is 0 Å². The van der Waals surface area contributed by atoms with Crippen molar-refractivity contribution in [2.24, 2.45) is 0 Å². The summed E-state index contributed by atoms with van der Waals surface area (Å²) < 4.78 is 28.5. The summed E-state index contributed by atoms with van der Waals surface area (Å²) in [5.74, 6) is -0.285. The smallest absolute Gasteiger partial charge is 0.387 e. The quantitative estimate of drug-likeness (QED) is 0.894. The van der Waals surface area contributed by atoms with Crippen LogP contribution in [0.25, 0.3) is 0 Å². The second-order valence-electron chi connectivity index (χ2n) is 5.19. The molecule has 1 aromatic carbocycles. The van der Waals surface area contributed by atoms with Gasteiger partial charge in [-0.05, 0) is 50.9 Å². The Balaban J connectivity index is 2.05. The molecule has 1 unspecified atom stereocenters. The molecule has 1 amide bonds. The number of rotatable bonds is 4. The molecule has 21 heavy (non-hydrogen) atoms. The summed E-state index contributed by atoms with van der Waals surface area (Å²) in [5.41, 5.74) is -0.178. The van der Waals surface area contributed by atoms with E-state index in [9.17, 15) is 13.6 Å². The van der Waals surface area contributed by atoms with Gasteiger partial charge in [0.05, 0.1) is 10.6 Å². The van der Waals surface area contributed by atoms with Crippen LogP contribution in [0.15, 0.2) is 18.2 Å². The molecule has 0 spiro atoms. The fourth-order valence-electron chi connectivity index (χ4n) is 2.29. The molecule has 116 valence electrons. The van der Waals surface area contributed by atoms with Gasteiger partial charge in [0.25, 0.3) is 0 Å². The molecule has 1 fully saturated rings. The van der Waals surface area contributed by atoms with Crippen molar-refractivity contribution < 1.29 is 18.3 Å². The largest absolute Gasteiger partial charge is 0.433 e. The molecule has 2 rings (SSSR count). The summed E-state index contributed by atoms with van der Waals surface area (Å²) in [6.07, 6.45) is 2.78. The number of hydrogen-bond acceptors (Lipinski definition) is 3. The average molecular weight is 319 g/mol. The van der Waals surface area contributed by atoms with Gasteiger partial charge in [0.15, 0.2) is 0 Å². The van der Waals surface area contributed by atoms with Crippen molar-refractivity contribution in [3.05, 3.63) is 23.2 Å². The molecule has 0 bridgehead atoms. The molecule has 0 radical (unpaired) electrons. The van der Waals surface area contributed by atoms with Crippen molar-refractivity contribution >= 4 is 23.2 Å². The first-order valence-corrected chi connectivity index (χ1v) is 7.09. The third-order valence-corrected chi connectivity index (χ3v) is 3.82. The molecule has 0 aromatic heterocycles. The predicted octanol–water partition coefficient (Wildman–Crippen LogP) is 3.41.